The van der Waals surface area contributed by atoms with Crippen LogP contribution in [0.1, 0.15) is 30.7 Å². The molecule has 5 nitrogen and oxygen atoms in total. The van der Waals surface area contributed by atoms with E-state index < -0.39 is 0 Å². The van der Waals surface area contributed by atoms with Gasteiger partial charge in [0.05, 0.1) is 13.2 Å². The third kappa shape index (κ3) is 5.31. The Labute approximate surface area is 164 Å². The van der Waals surface area contributed by atoms with E-state index in [1.807, 2.05) is 7.05 Å². The lowest BCUT2D eigenvalue weighted by atomic mass is 9.68. The fourth-order valence-electron chi connectivity index (χ4n) is 4.86. The zero-order valence-electron chi connectivity index (χ0n) is 17.2. The molecule has 27 heavy (non-hydrogen) atoms. The van der Waals surface area contributed by atoms with E-state index in [4.69, 9.17) is 4.74 Å². The molecule has 5 heteroatoms. The molecule has 1 amide bonds. The summed E-state index contributed by atoms with van der Waals surface area (Å²) in [5, 5.41) is 0. The van der Waals surface area contributed by atoms with E-state index >= 15 is 0 Å². The fraction of sp³-hybridized carbons (Fsp3) is 0.682. The number of ether oxygens (including phenoxy) is 1. The lowest BCUT2D eigenvalue weighted by Crippen LogP contribution is -2.52. The van der Waals surface area contributed by atoms with Crippen molar-refractivity contribution in [3.8, 4) is 0 Å². The van der Waals surface area contributed by atoms with Crippen LogP contribution >= 0.6 is 0 Å². The lowest BCUT2D eigenvalue weighted by molar-refractivity contribution is -0.135. The van der Waals surface area contributed by atoms with E-state index in [0.29, 0.717) is 24.5 Å². The Bertz CT molecular complexity index is 599. The first kappa shape index (κ1) is 20.3. The Morgan fingerprint density at radius 2 is 1.96 bits per heavy atom. The molecule has 1 atom stereocenters. The van der Waals surface area contributed by atoms with Crippen LogP contribution in [-0.4, -0.2) is 87.7 Å². The predicted octanol–water partition coefficient (Wildman–Crippen LogP) is 2.29. The predicted molar refractivity (Wildman–Crippen MR) is 109 cm³/mol. The molecular weight excluding hydrogens is 338 g/mol. The van der Waals surface area contributed by atoms with Crippen LogP contribution in [0.5, 0.6) is 0 Å². The van der Waals surface area contributed by atoms with E-state index in [1.54, 1.807) is 7.11 Å². The SMILES string of the molecule is COCCN(C)CC(=O)N1CCC2(CC1)C[C@@H](c1ccccc1)CN(C)C2. The summed E-state index contributed by atoms with van der Waals surface area (Å²) >= 11 is 0. The summed E-state index contributed by atoms with van der Waals surface area (Å²) in [6.45, 7) is 6.04. The van der Waals surface area contributed by atoms with Crippen molar-refractivity contribution in [1.82, 2.24) is 14.7 Å². The number of hydrogen-bond donors (Lipinski definition) is 0. The summed E-state index contributed by atoms with van der Waals surface area (Å²) in [4.78, 5) is 19.2. The Morgan fingerprint density at radius 3 is 2.63 bits per heavy atom. The number of nitrogens with zero attached hydrogens (tertiary/aromatic N) is 3. The van der Waals surface area contributed by atoms with Gasteiger partial charge in [-0.3, -0.25) is 9.69 Å². The third-order valence-corrected chi connectivity index (χ3v) is 6.35. The topological polar surface area (TPSA) is 36.0 Å². The van der Waals surface area contributed by atoms with Crippen LogP contribution in [0.15, 0.2) is 30.3 Å². The first-order valence-corrected chi connectivity index (χ1v) is 10.2. The molecule has 0 unspecified atom stereocenters. The molecule has 1 spiro atoms. The molecule has 0 N–H and O–H groups in total. The minimum Gasteiger partial charge on any atom is -0.383 e. The Kier molecular flexibility index (Phi) is 6.90. The second kappa shape index (κ2) is 9.18. The van der Waals surface area contributed by atoms with Crippen LogP contribution in [0.2, 0.25) is 0 Å². The van der Waals surface area contributed by atoms with Gasteiger partial charge in [0, 0.05) is 39.8 Å². The van der Waals surface area contributed by atoms with Crippen LogP contribution in [0, 0.1) is 5.41 Å². The Hall–Kier alpha value is -1.43. The number of likely N-dealkylation sites (N-methyl/N-ethyl adjacent to an activating group) is 2. The number of carbonyl (C=O) groups excluding carboxylic acids is 1. The first-order valence-electron chi connectivity index (χ1n) is 10.2. The Morgan fingerprint density at radius 1 is 1.26 bits per heavy atom. The van der Waals surface area contributed by atoms with Gasteiger partial charge in [-0.25, -0.2) is 0 Å². The number of rotatable bonds is 6. The second-order valence-electron chi connectivity index (χ2n) is 8.62. The molecule has 3 rings (SSSR count). The Balaban J connectivity index is 1.56. The third-order valence-electron chi connectivity index (χ3n) is 6.35. The molecule has 2 saturated heterocycles. The lowest BCUT2D eigenvalue weighted by Gasteiger charge is -2.49. The van der Waals surface area contributed by atoms with Crippen molar-refractivity contribution < 1.29 is 9.53 Å². The zero-order chi connectivity index (χ0) is 19.3. The van der Waals surface area contributed by atoms with E-state index in [-0.39, 0.29) is 5.91 Å². The molecule has 2 aliphatic heterocycles. The normalized spacial score (nSPS) is 23.1. The van der Waals surface area contributed by atoms with Gasteiger partial charge >= 0.3 is 0 Å². The second-order valence-corrected chi connectivity index (χ2v) is 8.62. The van der Waals surface area contributed by atoms with Crippen LogP contribution in [0.3, 0.4) is 0 Å². The van der Waals surface area contributed by atoms with Crippen LogP contribution in [0.4, 0.5) is 0 Å². The number of likely N-dealkylation sites (tertiary alicyclic amines) is 2. The maximum absolute atomic E-state index is 12.6. The number of amides is 1. The van der Waals surface area contributed by atoms with Crippen LogP contribution in [-0.2, 0) is 9.53 Å². The van der Waals surface area contributed by atoms with Crippen molar-refractivity contribution in [3.05, 3.63) is 35.9 Å². The van der Waals surface area contributed by atoms with Crippen molar-refractivity contribution in [3.63, 3.8) is 0 Å². The van der Waals surface area contributed by atoms with Gasteiger partial charge in [0.1, 0.15) is 0 Å². The van der Waals surface area contributed by atoms with E-state index in [0.717, 1.165) is 45.6 Å². The van der Waals surface area contributed by atoms with Gasteiger partial charge in [-0.15, -0.1) is 0 Å². The average molecular weight is 374 g/mol. The molecule has 2 fully saturated rings. The molecule has 0 radical (unpaired) electrons. The quantitative estimate of drug-likeness (QED) is 0.767. The van der Waals surface area contributed by atoms with Crippen LogP contribution in [0.25, 0.3) is 0 Å². The number of methoxy groups -OCH3 is 1. The van der Waals surface area contributed by atoms with Crippen molar-refractivity contribution in [2.75, 3.05) is 67.1 Å². The van der Waals surface area contributed by atoms with Gasteiger partial charge < -0.3 is 14.5 Å². The molecule has 0 aromatic heterocycles. The maximum Gasteiger partial charge on any atom is 0.236 e. The van der Waals surface area contributed by atoms with Gasteiger partial charge in [0.2, 0.25) is 5.91 Å². The van der Waals surface area contributed by atoms with E-state index in [2.05, 4.69) is 52.1 Å². The fourth-order valence-corrected chi connectivity index (χ4v) is 4.86. The highest BCUT2D eigenvalue weighted by molar-refractivity contribution is 5.78. The highest BCUT2D eigenvalue weighted by Crippen LogP contribution is 2.44. The zero-order valence-corrected chi connectivity index (χ0v) is 17.2. The molecular formula is C22H35N3O2. The first-order chi connectivity index (χ1) is 13.0. The summed E-state index contributed by atoms with van der Waals surface area (Å²) < 4.78 is 5.10. The average Bonchev–Trinajstić information content (AvgIpc) is 2.67. The standard InChI is InChI=1S/C22H35N3O2/c1-23(13-14-27-3)17-21(26)25-11-9-22(10-12-25)15-20(16-24(2)18-22)19-7-5-4-6-8-19/h4-8,20H,9-18H2,1-3H3/t20-/m1/s1. The van der Waals surface area contributed by atoms with Gasteiger partial charge in [0.15, 0.2) is 0 Å². The highest BCUT2D eigenvalue weighted by Gasteiger charge is 2.42. The minimum atomic E-state index is 0.257. The van der Waals surface area contributed by atoms with Gasteiger partial charge in [-0.2, -0.15) is 0 Å². The summed E-state index contributed by atoms with van der Waals surface area (Å²) in [5.41, 5.74) is 1.81. The van der Waals surface area contributed by atoms with Crippen LogP contribution < -0.4 is 0 Å². The number of hydrogen-bond acceptors (Lipinski definition) is 4. The number of carbonyl (C=O) groups is 1. The molecule has 0 saturated carbocycles. The molecule has 1 aromatic rings. The molecule has 150 valence electrons. The van der Waals surface area contributed by atoms with Crippen molar-refractivity contribution in [1.29, 1.82) is 0 Å². The van der Waals surface area contributed by atoms with Crippen molar-refractivity contribution in [2.45, 2.75) is 25.2 Å². The molecule has 1 aromatic carbocycles. The number of benzene rings is 1. The summed E-state index contributed by atoms with van der Waals surface area (Å²) in [5.74, 6) is 0.861. The van der Waals surface area contributed by atoms with Gasteiger partial charge in [0.25, 0.3) is 0 Å². The summed E-state index contributed by atoms with van der Waals surface area (Å²) in [6, 6.07) is 10.9. The molecule has 2 heterocycles. The van der Waals surface area contributed by atoms with Crippen molar-refractivity contribution in [2.24, 2.45) is 5.41 Å². The highest BCUT2D eigenvalue weighted by atomic mass is 16.5. The van der Waals surface area contributed by atoms with Gasteiger partial charge in [-0.05, 0) is 50.3 Å². The molecule has 0 bridgehead atoms. The number of piperidine rings is 2. The largest absolute Gasteiger partial charge is 0.383 e. The maximum atomic E-state index is 12.6. The van der Waals surface area contributed by atoms with E-state index in [1.165, 1.54) is 12.0 Å². The summed E-state index contributed by atoms with van der Waals surface area (Å²) in [7, 11) is 5.94. The smallest absolute Gasteiger partial charge is 0.236 e. The van der Waals surface area contributed by atoms with E-state index in [9.17, 15) is 4.79 Å². The summed E-state index contributed by atoms with van der Waals surface area (Å²) in [6.07, 6.45) is 3.49. The molecule has 2 aliphatic rings. The molecule has 0 aliphatic carbocycles. The monoisotopic (exact) mass is 373 g/mol. The van der Waals surface area contributed by atoms with Crippen molar-refractivity contribution >= 4 is 5.91 Å². The van der Waals surface area contributed by atoms with Gasteiger partial charge in [-0.1, -0.05) is 30.3 Å². The minimum absolute atomic E-state index is 0.257.